The van der Waals surface area contributed by atoms with Gasteiger partial charge in [0.15, 0.2) is 5.03 Å². The summed E-state index contributed by atoms with van der Waals surface area (Å²) in [7, 11) is 0. The van der Waals surface area contributed by atoms with Gasteiger partial charge in [-0.2, -0.15) is 0 Å². The van der Waals surface area contributed by atoms with Crippen LogP contribution in [0, 0.1) is 10.1 Å². The van der Waals surface area contributed by atoms with Crippen LogP contribution in [-0.2, 0) is 0 Å². The number of hydrogen-bond acceptors (Lipinski definition) is 7. The molecule has 0 amide bonds. The Kier molecular flexibility index (Phi) is 3.45. The van der Waals surface area contributed by atoms with Crippen LogP contribution in [0.5, 0.6) is 0 Å². The molecule has 0 unspecified atom stereocenters. The predicted octanol–water partition coefficient (Wildman–Crippen LogP) is 1.98. The maximum Gasteiger partial charge on any atom is 0.320 e. The van der Waals surface area contributed by atoms with Crippen LogP contribution in [0.2, 0.25) is 5.28 Å². The van der Waals surface area contributed by atoms with Gasteiger partial charge in [-0.25, -0.2) is 19.9 Å². The number of rotatable bonds is 3. The topological polar surface area (TPSA) is 94.7 Å². The van der Waals surface area contributed by atoms with E-state index in [1.165, 1.54) is 12.5 Å². The third-order valence-electron chi connectivity index (χ3n) is 1.66. The predicted molar refractivity (Wildman–Crippen MR) is 59.9 cm³/mol. The summed E-state index contributed by atoms with van der Waals surface area (Å²) in [5.41, 5.74) is -0.210. The molecule has 2 rings (SSSR count). The molecule has 2 aromatic heterocycles. The number of halogens is 1. The summed E-state index contributed by atoms with van der Waals surface area (Å²) >= 11 is 6.63. The molecule has 0 aliphatic carbocycles. The summed E-state index contributed by atoms with van der Waals surface area (Å²) < 4.78 is 0. The number of nitro groups is 1. The molecule has 0 N–H and O–H groups in total. The Morgan fingerprint density at radius 1 is 1.41 bits per heavy atom. The molecule has 0 aliphatic rings. The van der Waals surface area contributed by atoms with Gasteiger partial charge in [0, 0.05) is 6.20 Å². The molecule has 2 heterocycles. The summed E-state index contributed by atoms with van der Waals surface area (Å²) in [5, 5.41) is 11.4. The van der Waals surface area contributed by atoms with Crippen molar-refractivity contribution in [2.24, 2.45) is 0 Å². The largest absolute Gasteiger partial charge is 0.320 e. The van der Waals surface area contributed by atoms with E-state index in [9.17, 15) is 10.1 Å². The Labute approximate surface area is 104 Å². The molecule has 0 aromatic carbocycles. The Morgan fingerprint density at radius 3 is 2.88 bits per heavy atom. The highest BCUT2D eigenvalue weighted by Crippen LogP contribution is 2.31. The number of nitrogens with zero attached hydrogens (tertiary/aromatic N) is 5. The van der Waals surface area contributed by atoms with Gasteiger partial charge in [-0.1, -0.05) is 0 Å². The second kappa shape index (κ2) is 5.02. The van der Waals surface area contributed by atoms with Gasteiger partial charge in [0.2, 0.25) is 5.28 Å². The standard InChI is InChI=1S/C8H4ClN5O2S/c9-8-11-3-5(14(15)16)7(13-8)17-6-1-2-10-4-12-6/h1-4H. The van der Waals surface area contributed by atoms with Crippen molar-refractivity contribution in [2.75, 3.05) is 0 Å². The molecule has 17 heavy (non-hydrogen) atoms. The van der Waals surface area contributed by atoms with E-state index in [0.717, 1.165) is 18.0 Å². The average Bonchev–Trinajstić information content (AvgIpc) is 2.30. The van der Waals surface area contributed by atoms with Gasteiger partial charge >= 0.3 is 5.69 Å². The lowest BCUT2D eigenvalue weighted by molar-refractivity contribution is -0.388. The molecular weight excluding hydrogens is 266 g/mol. The van der Waals surface area contributed by atoms with Gasteiger partial charge < -0.3 is 0 Å². The SMILES string of the molecule is O=[N+]([O-])c1cnc(Cl)nc1Sc1ccncn1. The maximum absolute atomic E-state index is 10.8. The molecule has 0 spiro atoms. The van der Waals surface area contributed by atoms with Crippen molar-refractivity contribution in [1.29, 1.82) is 0 Å². The van der Waals surface area contributed by atoms with Crippen molar-refractivity contribution in [3.05, 3.63) is 40.2 Å². The summed E-state index contributed by atoms with van der Waals surface area (Å²) in [4.78, 5) is 25.2. The van der Waals surface area contributed by atoms with Gasteiger partial charge in [0.25, 0.3) is 0 Å². The van der Waals surface area contributed by atoms with Crippen LogP contribution in [0.4, 0.5) is 5.69 Å². The Balaban J connectivity index is 2.37. The summed E-state index contributed by atoms with van der Waals surface area (Å²) in [5.74, 6) is 0. The van der Waals surface area contributed by atoms with E-state index in [0.29, 0.717) is 5.03 Å². The van der Waals surface area contributed by atoms with E-state index in [4.69, 9.17) is 11.6 Å². The highest BCUT2D eigenvalue weighted by Gasteiger charge is 2.18. The summed E-state index contributed by atoms with van der Waals surface area (Å²) in [6, 6.07) is 1.62. The lowest BCUT2D eigenvalue weighted by atomic mass is 10.6. The van der Waals surface area contributed by atoms with Crippen LogP contribution in [0.25, 0.3) is 0 Å². The second-order valence-electron chi connectivity index (χ2n) is 2.74. The fraction of sp³-hybridized carbons (Fsp3) is 0. The monoisotopic (exact) mass is 269 g/mol. The molecule has 2 aromatic rings. The van der Waals surface area contributed by atoms with Crippen LogP contribution < -0.4 is 0 Å². The first-order valence-electron chi connectivity index (χ1n) is 4.27. The maximum atomic E-state index is 10.8. The van der Waals surface area contributed by atoms with Crippen molar-refractivity contribution >= 4 is 29.1 Å². The van der Waals surface area contributed by atoms with E-state index < -0.39 is 4.92 Å². The van der Waals surface area contributed by atoms with Crippen molar-refractivity contribution in [3.63, 3.8) is 0 Å². The fourth-order valence-corrected chi connectivity index (χ4v) is 1.95. The normalized spacial score (nSPS) is 10.2. The molecule has 86 valence electrons. The van der Waals surface area contributed by atoms with Crippen LogP contribution >= 0.6 is 23.4 Å². The zero-order valence-electron chi connectivity index (χ0n) is 8.15. The van der Waals surface area contributed by atoms with Crippen molar-refractivity contribution in [1.82, 2.24) is 19.9 Å². The van der Waals surface area contributed by atoms with Gasteiger partial charge in [-0.3, -0.25) is 10.1 Å². The first-order chi connectivity index (χ1) is 8.16. The molecule has 9 heteroatoms. The Hall–Kier alpha value is -1.80. The van der Waals surface area contributed by atoms with Crippen LogP contribution in [0.1, 0.15) is 0 Å². The van der Waals surface area contributed by atoms with Crippen molar-refractivity contribution in [2.45, 2.75) is 10.1 Å². The van der Waals surface area contributed by atoms with Gasteiger partial charge in [-0.05, 0) is 29.4 Å². The average molecular weight is 270 g/mol. The molecule has 0 fully saturated rings. The molecule has 0 atom stereocenters. The third-order valence-corrected chi connectivity index (χ3v) is 2.79. The minimum atomic E-state index is -0.570. The van der Waals surface area contributed by atoms with Crippen LogP contribution in [0.15, 0.2) is 34.8 Å². The minimum Gasteiger partial charge on any atom is -0.258 e. The highest BCUT2D eigenvalue weighted by molar-refractivity contribution is 7.99. The van der Waals surface area contributed by atoms with Gasteiger partial charge in [0.05, 0.1) is 4.92 Å². The van der Waals surface area contributed by atoms with E-state index in [1.54, 1.807) is 6.07 Å². The van der Waals surface area contributed by atoms with Gasteiger partial charge in [0.1, 0.15) is 17.6 Å². The molecule has 7 nitrogen and oxygen atoms in total. The van der Waals surface area contributed by atoms with Crippen LogP contribution in [-0.4, -0.2) is 24.9 Å². The number of hydrogen-bond donors (Lipinski definition) is 0. The molecule has 0 saturated carbocycles. The fourth-order valence-electron chi connectivity index (χ4n) is 0.978. The quantitative estimate of drug-likeness (QED) is 0.364. The lowest BCUT2D eigenvalue weighted by Gasteiger charge is -2.00. The van der Waals surface area contributed by atoms with Crippen molar-refractivity contribution < 1.29 is 4.92 Å². The summed E-state index contributed by atoms with van der Waals surface area (Å²) in [6.45, 7) is 0. The zero-order valence-corrected chi connectivity index (χ0v) is 9.72. The third kappa shape index (κ3) is 2.86. The highest BCUT2D eigenvalue weighted by atomic mass is 35.5. The number of aromatic nitrogens is 4. The summed E-state index contributed by atoms with van der Waals surface area (Å²) in [6.07, 6.45) is 3.94. The van der Waals surface area contributed by atoms with Crippen molar-refractivity contribution in [3.8, 4) is 0 Å². The Bertz CT molecular complexity index is 553. The first-order valence-corrected chi connectivity index (χ1v) is 5.47. The zero-order chi connectivity index (χ0) is 12.3. The lowest BCUT2D eigenvalue weighted by Crippen LogP contribution is -1.96. The molecule has 0 saturated heterocycles. The van der Waals surface area contributed by atoms with E-state index in [-0.39, 0.29) is 16.0 Å². The van der Waals surface area contributed by atoms with E-state index in [1.807, 2.05) is 0 Å². The van der Waals surface area contributed by atoms with Crippen LogP contribution in [0.3, 0.4) is 0 Å². The molecule has 0 radical (unpaired) electrons. The first kappa shape index (κ1) is 11.7. The smallest absolute Gasteiger partial charge is 0.258 e. The molecular formula is C8H4ClN5O2S. The Morgan fingerprint density at radius 2 is 2.24 bits per heavy atom. The van der Waals surface area contributed by atoms with Gasteiger partial charge in [-0.15, -0.1) is 0 Å². The molecule has 0 aliphatic heterocycles. The molecule has 0 bridgehead atoms. The van der Waals surface area contributed by atoms with E-state index >= 15 is 0 Å². The van der Waals surface area contributed by atoms with E-state index in [2.05, 4.69) is 19.9 Å². The minimum absolute atomic E-state index is 0.0489. The second-order valence-corrected chi connectivity index (χ2v) is 4.08.